The molecule has 0 spiro atoms. The summed E-state index contributed by atoms with van der Waals surface area (Å²) in [5.74, 6) is 5.56. The predicted octanol–water partition coefficient (Wildman–Crippen LogP) is 2.11. The van der Waals surface area contributed by atoms with Gasteiger partial charge in [-0.15, -0.1) is 11.3 Å². The van der Waals surface area contributed by atoms with E-state index in [2.05, 4.69) is 31.4 Å². The number of nitrogens with two attached hydrogens (primary N) is 1. The smallest absolute Gasteiger partial charge is 0.0558 e. The van der Waals surface area contributed by atoms with Gasteiger partial charge in [-0.25, -0.2) is 0 Å². The minimum atomic E-state index is 0.242. The molecule has 3 N–H and O–H groups in total. The molecule has 0 amide bonds. The number of hydrazine groups is 1. The molecule has 0 bridgehead atoms. The molecule has 4 heteroatoms. The lowest BCUT2D eigenvalue weighted by atomic mass is 10.1. The first-order valence-corrected chi connectivity index (χ1v) is 6.57. The Balaban J connectivity index is 2.49. The van der Waals surface area contributed by atoms with Gasteiger partial charge in [0.2, 0.25) is 0 Å². The SMILES string of the molecule is CCc1ccc(CC(CC(C)OC)NN)s1. The zero-order chi connectivity index (χ0) is 12.0. The monoisotopic (exact) mass is 242 g/mol. The quantitative estimate of drug-likeness (QED) is 0.568. The summed E-state index contributed by atoms with van der Waals surface area (Å²) in [6, 6.07) is 4.69. The second-order valence-corrected chi connectivity index (χ2v) is 5.32. The van der Waals surface area contributed by atoms with Crippen molar-refractivity contribution in [1.82, 2.24) is 5.43 Å². The maximum atomic E-state index is 5.56. The fourth-order valence-electron chi connectivity index (χ4n) is 1.67. The Morgan fingerprint density at radius 3 is 2.62 bits per heavy atom. The van der Waals surface area contributed by atoms with Crippen LogP contribution in [0.15, 0.2) is 12.1 Å². The molecule has 0 aromatic carbocycles. The van der Waals surface area contributed by atoms with Gasteiger partial charge in [-0.05, 0) is 38.3 Å². The number of hydrogen-bond donors (Lipinski definition) is 2. The van der Waals surface area contributed by atoms with Gasteiger partial charge in [0.15, 0.2) is 0 Å². The molecule has 0 radical (unpaired) electrons. The van der Waals surface area contributed by atoms with Crippen LogP contribution in [0, 0.1) is 0 Å². The lowest BCUT2D eigenvalue weighted by Crippen LogP contribution is -2.39. The largest absolute Gasteiger partial charge is 0.382 e. The van der Waals surface area contributed by atoms with Crippen LogP contribution in [0.1, 0.15) is 30.0 Å². The molecule has 16 heavy (non-hydrogen) atoms. The van der Waals surface area contributed by atoms with Crippen LogP contribution in [0.3, 0.4) is 0 Å². The van der Waals surface area contributed by atoms with Gasteiger partial charge in [-0.2, -0.15) is 0 Å². The second kappa shape index (κ2) is 7.01. The van der Waals surface area contributed by atoms with Crippen molar-refractivity contribution in [3.8, 4) is 0 Å². The molecule has 1 aromatic rings. The number of rotatable bonds is 7. The van der Waals surface area contributed by atoms with Crippen LogP contribution in [-0.4, -0.2) is 19.3 Å². The molecule has 0 fully saturated rings. The third-order valence-electron chi connectivity index (χ3n) is 2.77. The van der Waals surface area contributed by atoms with E-state index >= 15 is 0 Å². The van der Waals surface area contributed by atoms with Crippen molar-refractivity contribution in [2.45, 2.75) is 45.3 Å². The molecule has 1 heterocycles. The summed E-state index contributed by atoms with van der Waals surface area (Å²) in [6.45, 7) is 4.25. The maximum absolute atomic E-state index is 5.56. The number of nitrogens with one attached hydrogen (secondary N) is 1. The molecule has 0 saturated heterocycles. The fraction of sp³-hybridized carbons (Fsp3) is 0.667. The van der Waals surface area contributed by atoms with Gasteiger partial charge in [-0.1, -0.05) is 6.92 Å². The first-order chi connectivity index (χ1) is 7.69. The highest BCUT2D eigenvalue weighted by Crippen LogP contribution is 2.19. The van der Waals surface area contributed by atoms with Gasteiger partial charge >= 0.3 is 0 Å². The standard InChI is InChI=1S/C12H22N2OS/c1-4-11-5-6-12(16-11)8-10(14-13)7-9(2)15-3/h5-6,9-10,14H,4,7-8,13H2,1-3H3. The highest BCUT2D eigenvalue weighted by molar-refractivity contribution is 7.11. The average molecular weight is 242 g/mol. The van der Waals surface area contributed by atoms with Crippen LogP contribution in [-0.2, 0) is 17.6 Å². The topological polar surface area (TPSA) is 47.3 Å². The normalized spacial score (nSPS) is 15.0. The van der Waals surface area contributed by atoms with Gasteiger partial charge in [-0.3, -0.25) is 11.3 Å². The first kappa shape index (κ1) is 13.6. The Hall–Kier alpha value is -0.420. The van der Waals surface area contributed by atoms with Crippen molar-refractivity contribution in [2.24, 2.45) is 5.84 Å². The van der Waals surface area contributed by atoms with Gasteiger partial charge in [0.25, 0.3) is 0 Å². The molecule has 1 rings (SSSR count). The van der Waals surface area contributed by atoms with Crippen LogP contribution in [0.25, 0.3) is 0 Å². The summed E-state index contributed by atoms with van der Waals surface area (Å²) in [6.07, 6.45) is 3.27. The molecule has 1 aromatic heterocycles. The van der Waals surface area contributed by atoms with Gasteiger partial charge in [0.1, 0.15) is 0 Å². The van der Waals surface area contributed by atoms with Crippen molar-refractivity contribution >= 4 is 11.3 Å². The number of methoxy groups -OCH3 is 1. The van der Waals surface area contributed by atoms with Crippen molar-refractivity contribution < 1.29 is 4.74 Å². The molecule has 0 aliphatic rings. The number of aryl methyl sites for hydroxylation is 1. The summed E-state index contributed by atoms with van der Waals surface area (Å²) in [5, 5.41) is 0. The fourth-order valence-corrected chi connectivity index (χ4v) is 2.71. The zero-order valence-electron chi connectivity index (χ0n) is 10.3. The van der Waals surface area contributed by atoms with E-state index in [1.807, 2.05) is 11.3 Å². The Bertz CT molecular complexity index is 301. The molecule has 2 unspecified atom stereocenters. The Kier molecular flexibility index (Phi) is 5.98. The van der Waals surface area contributed by atoms with Gasteiger partial charge < -0.3 is 4.74 Å². The molecule has 0 aliphatic heterocycles. The van der Waals surface area contributed by atoms with E-state index in [9.17, 15) is 0 Å². The second-order valence-electron chi connectivity index (χ2n) is 4.07. The van der Waals surface area contributed by atoms with Crippen LogP contribution in [0.4, 0.5) is 0 Å². The van der Waals surface area contributed by atoms with E-state index < -0.39 is 0 Å². The van der Waals surface area contributed by atoms with E-state index in [4.69, 9.17) is 10.6 Å². The highest BCUT2D eigenvalue weighted by Gasteiger charge is 2.13. The van der Waals surface area contributed by atoms with E-state index in [0.29, 0.717) is 6.04 Å². The first-order valence-electron chi connectivity index (χ1n) is 5.76. The molecule has 92 valence electrons. The lowest BCUT2D eigenvalue weighted by molar-refractivity contribution is 0.100. The Morgan fingerprint density at radius 1 is 1.44 bits per heavy atom. The molecule has 2 atom stereocenters. The zero-order valence-corrected chi connectivity index (χ0v) is 11.1. The van der Waals surface area contributed by atoms with E-state index in [0.717, 1.165) is 19.3 Å². The molecule has 0 aliphatic carbocycles. The predicted molar refractivity (Wildman–Crippen MR) is 69.6 cm³/mol. The van der Waals surface area contributed by atoms with E-state index in [1.165, 1.54) is 9.75 Å². The van der Waals surface area contributed by atoms with E-state index in [1.54, 1.807) is 7.11 Å². The van der Waals surface area contributed by atoms with Crippen LogP contribution in [0.5, 0.6) is 0 Å². The minimum Gasteiger partial charge on any atom is -0.382 e. The minimum absolute atomic E-state index is 0.242. The molecule has 3 nitrogen and oxygen atoms in total. The Morgan fingerprint density at radius 2 is 2.12 bits per heavy atom. The number of hydrogen-bond acceptors (Lipinski definition) is 4. The summed E-state index contributed by atoms with van der Waals surface area (Å²) in [7, 11) is 1.73. The third kappa shape index (κ3) is 4.22. The number of thiophene rings is 1. The van der Waals surface area contributed by atoms with Crippen molar-refractivity contribution in [2.75, 3.05) is 7.11 Å². The van der Waals surface area contributed by atoms with Crippen LogP contribution >= 0.6 is 11.3 Å². The Labute approximate surface area is 102 Å². The highest BCUT2D eigenvalue weighted by atomic mass is 32.1. The lowest BCUT2D eigenvalue weighted by Gasteiger charge is -2.18. The van der Waals surface area contributed by atoms with Gasteiger partial charge in [0.05, 0.1) is 6.10 Å². The van der Waals surface area contributed by atoms with Crippen LogP contribution < -0.4 is 11.3 Å². The molecular weight excluding hydrogens is 220 g/mol. The van der Waals surface area contributed by atoms with Crippen LogP contribution in [0.2, 0.25) is 0 Å². The number of ether oxygens (including phenoxy) is 1. The molecular formula is C12H22N2OS. The summed E-state index contributed by atoms with van der Waals surface area (Å²) >= 11 is 1.87. The third-order valence-corrected chi connectivity index (χ3v) is 4.02. The van der Waals surface area contributed by atoms with E-state index in [-0.39, 0.29) is 6.10 Å². The summed E-state index contributed by atoms with van der Waals surface area (Å²) < 4.78 is 5.25. The summed E-state index contributed by atoms with van der Waals surface area (Å²) in [4.78, 5) is 2.83. The van der Waals surface area contributed by atoms with Crippen molar-refractivity contribution in [1.29, 1.82) is 0 Å². The maximum Gasteiger partial charge on any atom is 0.0558 e. The summed E-state index contributed by atoms with van der Waals surface area (Å²) in [5.41, 5.74) is 2.87. The van der Waals surface area contributed by atoms with Crippen molar-refractivity contribution in [3.63, 3.8) is 0 Å². The molecule has 0 saturated carbocycles. The average Bonchev–Trinajstić information content (AvgIpc) is 2.75. The van der Waals surface area contributed by atoms with Gasteiger partial charge in [0, 0.05) is 22.9 Å². The van der Waals surface area contributed by atoms with Crippen molar-refractivity contribution in [3.05, 3.63) is 21.9 Å².